The third-order valence-electron chi connectivity index (χ3n) is 5.20. The molecule has 0 amide bonds. The normalized spacial score (nSPS) is 10.8. The van der Waals surface area contributed by atoms with Crippen molar-refractivity contribution in [3.8, 4) is 22.6 Å². The van der Waals surface area contributed by atoms with Gasteiger partial charge in [-0.3, -0.25) is 0 Å². The van der Waals surface area contributed by atoms with E-state index in [4.69, 9.17) is 26.2 Å². The van der Waals surface area contributed by atoms with Gasteiger partial charge in [-0.2, -0.15) is 0 Å². The molecule has 0 atom stereocenters. The van der Waals surface area contributed by atoms with Crippen molar-refractivity contribution in [2.75, 3.05) is 20.3 Å². The Kier molecular flexibility index (Phi) is 7.75. The molecule has 30 heavy (non-hydrogen) atoms. The third kappa shape index (κ3) is 5.14. The average molecular weight is 426 g/mol. The highest BCUT2D eigenvalue weighted by atomic mass is 35.5. The van der Waals surface area contributed by atoms with Crippen LogP contribution >= 0.6 is 11.6 Å². The Balaban J connectivity index is 1.80. The fourth-order valence-corrected chi connectivity index (χ4v) is 3.72. The van der Waals surface area contributed by atoms with Crippen LogP contribution in [0.15, 0.2) is 54.6 Å². The number of aliphatic hydroxyl groups excluding tert-OH is 1. The van der Waals surface area contributed by atoms with Crippen LogP contribution in [0.25, 0.3) is 11.1 Å². The van der Waals surface area contributed by atoms with Gasteiger partial charge in [-0.05, 0) is 47.7 Å². The molecule has 0 bridgehead atoms. The molecule has 0 spiro atoms. The maximum absolute atomic E-state index is 8.94. The van der Waals surface area contributed by atoms with Crippen LogP contribution in [0, 0.1) is 13.8 Å². The first kappa shape index (κ1) is 22.2. The minimum Gasteiger partial charge on any atom is -0.496 e. The van der Waals surface area contributed by atoms with E-state index in [0.29, 0.717) is 36.2 Å². The number of benzene rings is 3. The molecule has 0 aliphatic heterocycles. The fourth-order valence-electron chi connectivity index (χ4n) is 3.48. The number of aliphatic hydroxyl groups is 1. The number of hydrogen-bond acceptors (Lipinski definition) is 4. The maximum atomic E-state index is 8.94. The topological polar surface area (TPSA) is 50.7 Å². The minimum absolute atomic E-state index is 0.0815. The van der Waals surface area contributed by atoms with Gasteiger partial charge in [0.1, 0.15) is 18.1 Å². The molecule has 5 heteroatoms. The van der Waals surface area contributed by atoms with E-state index in [1.807, 2.05) is 12.1 Å². The highest BCUT2D eigenvalue weighted by Crippen LogP contribution is 2.34. The lowest BCUT2D eigenvalue weighted by atomic mass is 9.94. The second kappa shape index (κ2) is 10.5. The van der Waals surface area contributed by atoms with Crippen molar-refractivity contribution in [3.63, 3.8) is 0 Å². The molecule has 4 nitrogen and oxygen atoms in total. The van der Waals surface area contributed by atoms with Crippen LogP contribution in [-0.2, 0) is 13.2 Å². The number of halogens is 1. The van der Waals surface area contributed by atoms with Gasteiger partial charge in [-0.15, -0.1) is 0 Å². The van der Waals surface area contributed by atoms with E-state index >= 15 is 0 Å². The smallest absolute Gasteiger partial charge is 0.142 e. The number of hydrogen-bond donors (Lipinski definition) is 2. The zero-order valence-corrected chi connectivity index (χ0v) is 18.4. The van der Waals surface area contributed by atoms with Crippen molar-refractivity contribution in [3.05, 3.63) is 81.9 Å². The average Bonchev–Trinajstić information content (AvgIpc) is 2.75. The first-order valence-corrected chi connectivity index (χ1v) is 10.4. The molecular weight excluding hydrogens is 398 g/mol. The Hall–Kier alpha value is -2.53. The van der Waals surface area contributed by atoms with E-state index < -0.39 is 0 Å². The molecule has 0 aromatic heterocycles. The molecule has 3 aromatic carbocycles. The molecule has 0 radical (unpaired) electrons. The van der Waals surface area contributed by atoms with Gasteiger partial charge < -0.3 is 19.9 Å². The van der Waals surface area contributed by atoms with Gasteiger partial charge in [-0.25, -0.2) is 0 Å². The summed E-state index contributed by atoms with van der Waals surface area (Å²) >= 11 is 6.47. The molecule has 0 unspecified atom stereocenters. The number of nitrogens with one attached hydrogen (secondary N) is 1. The van der Waals surface area contributed by atoms with E-state index in [9.17, 15) is 0 Å². The predicted molar refractivity (Wildman–Crippen MR) is 122 cm³/mol. The summed E-state index contributed by atoms with van der Waals surface area (Å²) in [6, 6.07) is 18.3. The predicted octanol–water partition coefficient (Wildman–Crippen LogP) is 5.29. The summed E-state index contributed by atoms with van der Waals surface area (Å²) in [5, 5.41) is 12.6. The molecule has 3 aromatic rings. The molecule has 0 fully saturated rings. The van der Waals surface area contributed by atoms with Crippen LogP contribution in [0.3, 0.4) is 0 Å². The Morgan fingerprint density at radius 1 is 0.933 bits per heavy atom. The van der Waals surface area contributed by atoms with E-state index in [1.165, 1.54) is 22.3 Å². The van der Waals surface area contributed by atoms with Gasteiger partial charge in [0.15, 0.2) is 0 Å². The van der Waals surface area contributed by atoms with E-state index in [1.54, 1.807) is 7.11 Å². The summed E-state index contributed by atoms with van der Waals surface area (Å²) in [6.45, 7) is 5.81. The first-order chi connectivity index (χ1) is 14.5. The first-order valence-electron chi connectivity index (χ1n) is 10.0. The quantitative estimate of drug-likeness (QED) is 0.457. The molecular formula is C25H28ClNO3. The standard InChI is InChI=1S/C25H28ClNO3/c1-17-7-4-5-9-21(17)22-10-6-8-19(18(22)2)16-30-25-14-24(29-3)20(13-23(25)26)15-27-11-12-28/h4-10,13-14,27-28H,11-12,15-16H2,1-3H3. The lowest BCUT2D eigenvalue weighted by Gasteiger charge is -2.16. The van der Waals surface area contributed by atoms with Crippen molar-refractivity contribution in [1.82, 2.24) is 5.32 Å². The Morgan fingerprint density at radius 3 is 2.43 bits per heavy atom. The highest BCUT2D eigenvalue weighted by molar-refractivity contribution is 6.32. The van der Waals surface area contributed by atoms with E-state index in [-0.39, 0.29) is 6.61 Å². The van der Waals surface area contributed by atoms with Crippen LogP contribution < -0.4 is 14.8 Å². The van der Waals surface area contributed by atoms with Crippen LogP contribution in [0.2, 0.25) is 5.02 Å². The van der Waals surface area contributed by atoms with Crippen molar-refractivity contribution < 1.29 is 14.6 Å². The number of aryl methyl sites for hydroxylation is 1. The number of rotatable bonds is 9. The monoisotopic (exact) mass is 425 g/mol. The van der Waals surface area contributed by atoms with Gasteiger partial charge in [0, 0.05) is 24.7 Å². The second-order valence-corrected chi connectivity index (χ2v) is 7.60. The van der Waals surface area contributed by atoms with Gasteiger partial charge >= 0.3 is 0 Å². The largest absolute Gasteiger partial charge is 0.496 e. The van der Waals surface area contributed by atoms with Crippen LogP contribution in [0.4, 0.5) is 0 Å². The zero-order chi connectivity index (χ0) is 21.5. The molecule has 0 saturated heterocycles. The SMILES string of the molecule is COc1cc(OCc2cccc(-c3ccccc3C)c2C)c(Cl)cc1CNCCO. The summed E-state index contributed by atoms with van der Waals surface area (Å²) in [7, 11) is 1.62. The molecule has 0 aliphatic carbocycles. The zero-order valence-electron chi connectivity index (χ0n) is 17.7. The second-order valence-electron chi connectivity index (χ2n) is 7.19. The van der Waals surface area contributed by atoms with Crippen LogP contribution in [0.5, 0.6) is 11.5 Å². The van der Waals surface area contributed by atoms with Gasteiger partial charge in [0.25, 0.3) is 0 Å². The van der Waals surface area contributed by atoms with Crippen molar-refractivity contribution >= 4 is 11.6 Å². The summed E-state index contributed by atoms with van der Waals surface area (Å²) in [6.07, 6.45) is 0. The summed E-state index contributed by atoms with van der Waals surface area (Å²) in [5.74, 6) is 1.28. The lowest BCUT2D eigenvalue weighted by Crippen LogP contribution is -2.18. The van der Waals surface area contributed by atoms with Crippen molar-refractivity contribution in [1.29, 1.82) is 0 Å². The van der Waals surface area contributed by atoms with Crippen molar-refractivity contribution in [2.45, 2.75) is 27.0 Å². The molecule has 0 saturated carbocycles. The molecule has 0 aliphatic rings. The van der Waals surface area contributed by atoms with Crippen molar-refractivity contribution in [2.24, 2.45) is 0 Å². The fraction of sp³-hybridized carbons (Fsp3) is 0.280. The highest BCUT2D eigenvalue weighted by Gasteiger charge is 2.13. The minimum atomic E-state index is 0.0815. The van der Waals surface area contributed by atoms with Crippen LogP contribution in [0.1, 0.15) is 22.3 Å². The molecule has 2 N–H and O–H groups in total. The molecule has 0 heterocycles. The van der Waals surface area contributed by atoms with Gasteiger partial charge in [0.05, 0.1) is 18.7 Å². The maximum Gasteiger partial charge on any atom is 0.142 e. The summed E-state index contributed by atoms with van der Waals surface area (Å²) < 4.78 is 11.6. The Bertz CT molecular complexity index is 1000. The summed E-state index contributed by atoms with van der Waals surface area (Å²) in [4.78, 5) is 0. The number of ether oxygens (including phenoxy) is 2. The van der Waals surface area contributed by atoms with Gasteiger partial charge in [0.2, 0.25) is 0 Å². The van der Waals surface area contributed by atoms with E-state index in [0.717, 1.165) is 11.1 Å². The van der Waals surface area contributed by atoms with E-state index in [2.05, 4.69) is 61.6 Å². The lowest BCUT2D eigenvalue weighted by molar-refractivity contribution is 0.291. The number of methoxy groups -OCH3 is 1. The molecule has 158 valence electrons. The summed E-state index contributed by atoms with van der Waals surface area (Å²) in [5.41, 5.74) is 6.91. The Labute approximate surface area is 183 Å². The van der Waals surface area contributed by atoms with Gasteiger partial charge in [-0.1, -0.05) is 54.1 Å². The Morgan fingerprint density at radius 2 is 1.70 bits per heavy atom. The van der Waals surface area contributed by atoms with Crippen LogP contribution in [-0.4, -0.2) is 25.4 Å². The molecule has 3 rings (SSSR count). The third-order valence-corrected chi connectivity index (χ3v) is 5.50.